The van der Waals surface area contributed by atoms with Gasteiger partial charge in [0.1, 0.15) is 0 Å². The Morgan fingerprint density at radius 3 is 2.68 bits per heavy atom. The van der Waals surface area contributed by atoms with Crippen molar-refractivity contribution in [2.24, 2.45) is 0 Å². The molecule has 2 heterocycles. The van der Waals surface area contributed by atoms with E-state index in [0.29, 0.717) is 4.47 Å². The summed E-state index contributed by atoms with van der Waals surface area (Å²) in [6, 6.07) is 1.47. The Morgan fingerprint density at radius 1 is 1.47 bits per heavy atom. The Hall–Kier alpha value is -1.15. The molecule has 1 aliphatic rings. The number of likely N-dealkylation sites (tertiary alicyclic amines) is 1. The van der Waals surface area contributed by atoms with E-state index in [1.165, 1.54) is 18.5 Å². The van der Waals surface area contributed by atoms with Crippen LogP contribution in [-0.2, 0) is 0 Å². The molecule has 2 rings (SSSR count). The number of hydrogen-bond donors (Lipinski definition) is 1. The van der Waals surface area contributed by atoms with Crippen LogP contribution in [0.15, 0.2) is 22.9 Å². The van der Waals surface area contributed by atoms with Crippen molar-refractivity contribution >= 4 is 21.8 Å². The van der Waals surface area contributed by atoms with Crippen LogP contribution in [0.4, 0.5) is 13.2 Å². The summed E-state index contributed by atoms with van der Waals surface area (Å²) in [4.78, 5) is 16.8. The molecule has 1 aromatic heterocycles. The Bertz CT molecular complexity index is 509. The fraction of sp³-hybridized carbons (Fsp3) is 0.455. The van der Waals surface area contributed by atoms with Gasteiger partial charge in [0.2, 0.25) is 0 Å². The highest BCUT2D eigenvalue weighted by Crippen LogP contribution is 2.37. The summed E-state index contributed by atoms with van der Waals surface area (Å²) < 4.78 is 38.5. The molecule has 0 bridgehead atoms. The zero-order valence-electron chi connectivity index (χ0n) is 9.62. The van der Waals surface area contributed by atoms with E-state index in [1.807, 2.05) is 0 Å². The van der Waals surface area contributed by atoms with Crippen LogP contribution in [0.5, 0.6) is 0 Å². The number of alkyl halides is 3. The first kappa shape index (κ1) is 14.3. The fourth-order valence-corrected chi connectivity index (χ4v) is 2.27. The van der Waals surface area contributed by atoms with Gasteiger partial charge in [-0.3, -0.25) is 9.78 Å². The van der Waals surface area contributed by atoms with Crippen LogP contribution in [-0.4, -0.2) is 45.8 Å². The monoisotopic (exact) mass is 338 g/mol. The number of carbonyl (C=O) groups is 1. The quantitative estimate of drug-likeness (QED) is 0.851. The van der Waals surface area contributed by atoms with Gasteiger partial charge in [-0.2, -0.15) is 13.2 Å². The van der Waals surface area contributed by atoms with Crippen molar-refractivity contribution in [1.82, 2.24) is 9.88 Å². The van der Waals surface area contributed by atoms with E-state index in [4.69, 9.17) is 0 Å². The summed E-state index contributed by atoms with van der Waals surface area (Å²) in [7, 11) is 0. The molecular weight excluding hydrogens is 329 g/mol. The normalized spacial score (nSPS) is 23.7. The van der Waals surface area contributed by atoms with E-state index in [-0.39, 0.29) is 12.1 Å². The van der Waals surface area contributed by atoms with Crippen molar-refractivity contribution in [1.29, 1.82) is 0 Å². The second-order valence-corrected chi connectivity index (χ2v) is 5.31. The third kappa shape index (κ3) is 2.74. The predicted octanol–water partition coefficient (Wildman–Crippen LogP) is 1.98. The van der Waals surface area contributed by atoms with E-state index < -0.39 is 30.7 Å². The van der Waals surface area contributed by atoms with Crippen molar-refractivity contribution in [2.45, 2.75) is 18.2 Å². The number of halogens is 4. The molecule has 0 aromatic carbocycles. The molecular formula is C11H10BrF3N2O2. The minimum Gasteiger partial charge on any atom is -0.379 e. The number of rotatable bonds is 1. The Kier molecular flexibility index (Phi) is 3.57. The van der Waals surface area contributed by atoms with Gasteiger partial charge in [-0.25, -0.2) is 0 Å². The minimum atomic E-state index is -4.74. The summed E-state index contributed by atoms with van der Waals surface area (Å²) >= 11 is 3.13. The first-order valence-electron chi connectivity index (χ1n) is 5.42. The number of hydrogen-bond acceptors (Lipinski definition) is 3. The van der Waals surface area contributed by atoms with Crippen LogP contribution >= 0.6 is 15.9 Å². The van der Waals surface area contributed by atoms with Crippen molar-refractivity contribution in [2.75, 3.05) is 13.1 Å². The Labute approximate surface area is 115 Å². The zero-order chi connectivity index (χ0) is 14.3. The first-order chi connectivity index (χ1) is 8.73. The van der Waals surface area contributed by atoms with Crippen molar-refractivity contribution in [3.8, 4) is 0 Å². The lowest BCUT2D eigenvalue weighted by molar-refractivity contribution is -0.253. The topological polar surface area (TPSA) is 53.4 Å². The van der Waals surface area contributed by atoms with Crippen molar-refractivity contribution in [3.63, 3.8) is 0 Å². The van der Waals surface area contributed by atoms with Gasteiger partial charge in [-0.15, -0.1) is 0 Å². The summed E-state index contributed by atoms with van der Waals surface area (Å²) in [5.41, 5.74) is -2.64. The number of carbonyl (C=O) groups excluding carboxylic acids is 1. The largest absolute Gasteiger partial charge is 0.419 e. The molecule has 8 heteroatoms. The lowest BCUT2D eigenvalue weighted by Gasteiger charge is -2.25. The first-order valence-corrected chi connectivity index (χ1v) is 6.21. The molecule has 1 aliphatic heterocycles. The Morgan fingerprint density at radius 2 is 2.16 bits per heavy atom. The van der Waals surface area contributed by atoms with E-state index in [1.54, 1.807) is 0 Å². The molecule has 4 nitrogen and oxygen atoms in total. The standard InChI is InChI=1S/C11H10BrF3N2O2/c12-8-3-7(4-16-5-8)9(18)17-2-1-10(19,6-17)11(13,14)15/h3-5,19H,1-2,6H2/t10-/m0/s1. The number of β-amino-alcohol motifs (C(OH)–C–C–N with tert-alkyl or cyclic N) is 1. The van der Waals surface area contributed by atoms with Crippen molar-refractivity contribution in [3.05, 3.63) is 28.5 Å². The molecule has 0 saturated carbocycles. The summed E-state index contributed by atoms with van der Waals surface area (Å²) in [5, 5.41) is 9.50. The molecule has 1 aromatic rings. The summed E-state index contributed by atoms with van der Waals surface area (Å²) in [6.45, 7) is -0.886. The summed E-state index contributed by atoms with van der Waals surface area (Å²) in [6.07, 6.45) is -2.51. The highest BCUT2D eigenvalue weighted by molar-refractivity contribution is 9.10. The molecule has 0 spiro atoms. The molecule has 19 heavy (non-hydrogen) atoms. The number of nitrogens with zero attached hydrogens (tertiary/aromatic N) is 2. The minimum absolute atomic E-state index is 0.138. The third-order valence-corrected chi connectivity index (χ3v) is 3.45. The highest BCUT2D eigenvalue weighted by atomic mass is 79.9. The van der Waals surface area contributed by atoms with Crippen LogP contribution < -0.4 is 0 Å². The van der Waals surface area contributed by atoms with E-state index in [0.717, 1.165) is 4.90 Å². The maximum atomic E-state index is 12.6. The third-order valence-electron chi connectivity index (χ3n) is 3.01. The second kappa shape index (κ2) is 4.75. The van der Waals surface area contributed by atoms with Crippen LogP contribution in [0.25, 0.3) is 0 Å². The molecule has 0 radical (unpaired) electrons. The van der Waals surface area contributed by atoms with Gasteiger partial charge in [0.25, 0.3) is 5.91 Å². The lowest BCUT2D eigenvalue weighted by atomic mass is 10.0. The second-order valence-electron chi connectivity index (χ2n) is 4.40. The summed E-state index contributed by atoms with van der Waals surface area (Å²) in [5.74, 6) is -0.575. The van der Waals surface area contributed by atoms with Gasteiger partial charge in [-0.05, 0) is 22.0 Å². The number of aromatic nitrogens is 1. The van der Waals surface area contributed by atoms with Crippen LogP contribution in [0.3, 0.4) is 0 Å². The zero-order valence-corrected chi connectivity index (χ0v) is 11.2. The van der Waals surface area contributed by atoms with Crippen molar-refractivity contribution < 1.29 is 23.1 Å². The maximum Gasteiger partial charge on any atom is 0.419 e. The average molecular weight is 339 g/mol. The van der Waals surface area contributed by atoms with Gasteiger partial charge in [0, 0.05) is 29.8 Å². The van der Waals surface area contributed by atoms with Gasteiger partial charge in [0.15, 0.2) is 5.60 Å². The molecule has 1 atom stereocenters. The predicted molar refractivity (Wildman–Crippen MR) is 63.5 cm³/mol. The van der Waals surface area contributed by atoms with Crippen LogP contribution in [0.2, 0.25) is 0 Å². The van der Waals surface area contributed by atoms with Gasteiger partial charge in [-0.1, -0.05) is 0 Å². The smallest absolute Gasteiger partial charge is 0.379 e. The molecule has 0 aliphatic carbocycles. The molecule has 104 valence electrons. The van der Waals surface area contributed by atoms with Gasteiger partial charge >= 0.3 is 6.18 Å². The van der Waals surface area contributed by atoms with Gasteiger partial charge < -0.3 is 10.0 Å². The van der Waals surface area contributed by atoms with Gasteiger partial charge in [0.05, 0.1) is 12.1 Å². The molecule has 1 N–H and O–H groups in total. The number of pyridine rings is 1. The number of aliphatic hydroxyl groups is 1. The van der Waals surface area contributed by atoms with Crippen LogP contribution in [0, 0.1) is 0 Å². The van der Waals surface area contributed by atoms with Crippen LogP contribution in [0.1, 0.15) is 16.8 Å². The molecule has 1 amide bonds. The van der Waals surface area contributed by atoms with E-state index in [2.05, 4.69) is 20.9 Å². The average Bonchev–Trinajstić information content (AvgIpc) is 2.72. The van der Waals surface area contributed by atoms with E-state index in [9.17, 15) is 23.1 Å². The molecule has 1 fully saturated rings. The highest BCUT2D eigenvalue weighted by Gasteiger charge is 2.57. The fourth-order valence-electron chi connectivity index (χ4n) is 1.91. The maximum absolute atomic E-state index is 12.6. The SMILES string of the molecule is O=C(c1cncc(Br)c1)N1CC[C@@](O)(C(F)(F)F)C1. The molecule has 1 saturated heterocycles. The molecule has 0 unspecified atom stereocenters. The number of amides is 1. The Balaban J connectivity index is 2.16. The van der Waals surface area contributed by atoms with E-state index >= 15 is 0 Å². The lowest BCUT2D eigenvalue weighted by Crippen LogP contribution is -2.48.